The van der Waals surface area contributed by atoms with Gasteiger partial charge in [0, 0.05) is 23.5 Å². The molecule has 1 fully saturated rings. The predicted molar refractivity (Wildman–Crippen MR) is 89.5 cm³/mol. The Bertz CT molecular complexity index is 516. The quantitative estimate of drug-likeness (QED) is 0.715. The third-order valence-electron chi connectivity index (χ3n) is 4.34. The summed E-state index contributed by atoms with van der Waals surface area (Å²) >= 11 is 0. The van der Waals surface area contributed by atoms with Crippen molar-refractivity contribution in [3.8, 4) is 0 Å². The van der Waals surface area contributed by atoms with Gasteiger partial charge in [-0.15, -0.1) is 0 Å². The first kappa shape index (κ1) is 16.9. The highest BCUT2D eigenvalue weighted by atomic mass is 16.1. The number of piperidine rings is 1. The average molecular weight is 301 g/mol. The van der Waals surface area contributed by atoms with E-state index in [9.17, 15) is 9.59 Å². The number of ketones is 2. The highest BCUT2D eigenvalue weighted by Gasteiger charge is 2.19. The van der Waals surface area contributed by atoms with Gasteiger partial charge in [0.2, 0.25) is 0 Å². The Kier molecular flexibility index (Phi) is 6.32. The van der Waals surface area contributed by atoms with Crippen LogP contribution in [-0.2, 0) is 0 Å². The normalized spacial score (nSPS) is 16.0. The van der Waals surface area contributed by atoms with Crippen molar-refractivity contribution in [2.24, 2.45) is 5.92 Å². The zero-order valence-corrected chi connectivity index (χ0v) is 13.8. The Morgan fingerprint density at radius 2 is 1.68 bits per heavy atom. The lowest BCUT2D eigenvalue weighted by atomic mass is 9.93. The maximum atomic E-state index is 12.5. The Morgan fingerprint density at radius 1 is 1.05 bits per heavy atom. The number of hydrogen-bond donors (Lipinski definition) is 0. The first-order chi connectivity index (χ1) is 10.6. The number of carbonyl (C=O) groups excluding carboxylic acids is 2. The van der Waals surface area contributed by atoms with Crippen LogP contribution in [0.2, 0.25) is 0 Å². The molecule has 0 amide bonds. The van der Waals surface area contributed by atoms with Gasteiger partial charge in [0.15, 0.2) is 11.6 Å². The molecule has 1 aliphatic rings. The molecular formula is C19H27NO2. The van der Waals surface area contributed by atoms with E-state index in [1.54, 1.807) is 12.1 Å². The summed E-state index contributed by atoms with van der Waals surface area (Å²) in [6.07, 6.45) is 5.29. The van der Waals surface area contributed by atoms with E-state index in [2.05, 4.69) is 4.90 Å². The Labute approximate surface area is 133 Å². The van der Waals surface area contributed by atoms with Crippen LogP contribution in [0, 0.1) is 5.92 Å². The van der Waals surface area contributed by atoms with E-state index in [-0.39, 0.29) is 17.5 Å². The Hall–Kier alpha value is -1.48. The second-order valence-corrected chi connectivity index (χ2v) is 6.49. The molecule has 0 radical (unpaired) electrons. The third-order valence-corrected chi connectivity index (χ3v) is 4.34. The van der Waals surface area contributed by atoms with Crippen LogP contribution < -0.4 is 0 Å². The molecule has 3 heteroatoms. The van der Waals surface area contributed by atoms with Gasteiger partial charge in [-0.05, 0) is 38.9 Å². The molecule has 0 unspecified atom stereocenters. The molecule has 22 heavy (non-hydrogen) atoms. The van der Waals surface area contributed by atoms with E-state index in [0.29, 0.717) is 17.5 Å². The average Bonchev–Trinajstić information content (AvgIpc) is 2.55. The molecule has 0 N–H and O–H groups in total. The second-order valence-electron chi connectivity index (χ2n) is 6.49. The number of carbonyl (C=O) groups is 2. The highest BCUT2D eigenvalue weighted by Crippen LogP contribution is 2.17. The van der Waals surface area contributed by atoms with Crippen LogP contribution in [0.4, 0.5) is 0 Å². The van der Waals surface area contributed by atoms with Crippen LogP contribution in [0.1, 0.15) is 66.7 Å². The fraction of sp³-hybridized carbons (Fsp3) is 0.579. The molecule has 120 valence electrons. The summed E-state index contributed by atoms with van der Waals surface area (Å²) in [6, 6.07) is 7.24. The van der Waals surface area contributed by atoms with Crippen LogP contribution in [0.15, 0.2) is 24.3 Å². The first-order valence-electron chi connectivity index (χ1n) is 8.48. The molecule has 0 saturated carbocycles. The molecule has 0 aromatic heterocycles. The van der Waals surface area contributed by atoms with Crippen molar-refractivity contribution < 1.29 is 9.59 Å². The fourth-order valence-corrected chi connectivity index (χ4v) is 3.03. The maximum absolute atomic E-state index is 12.5. The zero-order valence-electron chi connectivity index (χ0n) is 13.8. The summed E-state index contributed by atoms with van der Waals surface area (Å²) in [4.78, 5) is 27.1. The summed E-state index contributed by atoms with van der Waals surface area (Å²) in [6.45, 7) is 7.07. The number of Topliss-reactive ketones (excluding diaryl/α,β-unsaturated/α-hetero) is 2. The molecule has 1 aromatic carbocycles. The number of benzene rings is 1. The lowest BCUT2D eigenvalue weighted by Crippen LogP contribution is -2.30. The first-order valence-corrected chi connectivity index (χ1v) is 8.48. The van der Waals surface area contributed by atoms with Gasteiger partial charge in [0.25, 0.3) is 0 Å². The van der Waals surface area contributed by atoms with Gasteiger partial charge < -0.3 is 4.90 Å². The summed E-state index contributed by atoms with van der Waals surface area (Å²) in [5, 5.41) is 0. The molecule has 0 spiro atoms. The SMILES string of the molecule is CC(C)C(=O)c1ccccc1C(=O)CCCN1CCCCC1. The van der Waals surface area contributed by atoms with E-state index < -0.39 is 0 Å². The molecule has 0 bridgehead atoms. The van der Waals surface area contributed by atoms with Gasteiger partial charge in [0.1, 0.15) is 0 Å². The summed E-state index contributed by atoms with van der Waals surface area (Å²) in [5.74, 6) is 0.0730. The fourth-order valence-electron chi connectivity index (χ4n) is 3.03. The van der Waals surface area contributed by atoms with Crippen LogP contribution in [0.5, 0.6) is 0 Å². The van der Waals surface area contributed by atoms with Gasteiger partial charge in [-0.3, -0.25) is 9.59 Å². The smallest absolute Gasteiger partial charge is 0.166 e. The van der Waals surface area contributed by atoms with E-state index in [1.807, 2.05) is 26.0 Å². The van der Waals surface area contributed by atoms with Crippen molar-refractivity contribution in [1.82, 2.24) is 4.90 Å². The molecule has 1 aromatic rings. The molecule has 1 saturated heterocycles. The van der Waals surface area contributed by atoms with Crippen LogP contribution in [-0.4, -0.2) is 36.1 Å². The maximum Gasteiger partial charge on any atom is 0.166 e. The summed E-state index contributed by atoms with van der Waals surface area (Å²) in [5.41, 5.74) is 1.18. The molecule has 0 aliphatic carbocycles. The largest absolute Gasteiger partial charge is 0.303 e. The minimum Gasteiger partial charge on any atom is -0.303 e. The summed E-state index contributed by atoms with van der Waals surface area (Å²) in [7, 11) is 0. The second kappa shape index (κ2) is 8.23. The van der Waals surface area contributed by atoms with E-state index >= 15 is 0 Å². The zero-order chi connectivity index (χ0) is 15.9. The van der Waals surface area contributed by atoms with E-state index in [1.165, 1.54) is 19.3 Å². The predicted octanol–water partition coefficient (Wildman–Crippen LogP) is 3.97. The number of nitrogens with zero attached hydrogens (tertiary/aromatic N) is 1. The topological polar surface area (TPSA) is 37.4 Å². The van der Waals surface area contributed by atoms with E-state index in [0.717, 1.165) is 26.1 Å². The van der Waals surface area contributed by atoms with Gasteiger partial charge in [-0.2, -0.15) is 0 Å². The van der Waals surface area contributed by atoms with Crippen LogP contribution >= 0.6 is 0 Å². The van der Waals surface area contributed by atoms with E-state index in [4.69, 9.17) is 0 Å². The Morgan fingerprint density at radius 3 is 2.32 bits per heavy atom. The molecule has 3 nitrogen and oxygen atoms in total. The molecule has 1 heterocycles. The van der Waals surface area contributed by atoms with Crippen molar-refractivity contribution in [3.05, 3.63) is 35.4 Å². The van der Waals surface area contributed by atoms with Gasteiger partial charge in [-0.25, -0.2) is 0 Å². The van der Waals surface area contributed by atoms with Crippen LogP contribution in [0.25, 0.3) is 0 Å². The standard InChI is InChI=1S/C19H27NO2/c1-15(2)19(22)17-10-5-4-9-16(17)18(21)11-8-14-20-12-6-3-7-13-20/h4-5,9-10,15H,3,6-8,11-14H2,1-2H3. The lowest BCUT2D eigenvalue weighted by Gasteiger charge is -2.26. The van der Waals surface area contributed by atoms with Crippen molar-refractivity contribution in [3.63, 3.8) is 0 Å². The third kappa shape index (κ3) is 4.51. The van der Waals surface area contributed by atoms with Crippen molar-refractivity contribution >= 4 is 11.6 Å². The van der Waals surface area contributed by atoms with Crippen LogP contribution in [0.3, 0.4) is 0 Å². The molecule has 1 aliphatic heterocycles. The van der Waals surface area contributed by atoms with Crippen molar-refractivity contribution in [2.75, 3.05) is 19.6 Å². The number of likely N-dealkylation sites (tertiary alicyclic amines) is 1. The molecule has 0 atom stereocenters. The van der Waals surface area contributed by atoms with Gasteiger partial charge in [0.05, 0.1) is 0 Å². The Balaban J connectivity index is 1.93. The number of rotatable bonds is 7. The highest BCUT2D eigenvalue weighted by molar-refractivity contribution is 6.09. The molecule has 2 rings (SSSR count). The van der Waals surface area contributed by atoms with Gasteiger partial charge >= 0.3 is 0 Å². The van der Waals surface area contributed by atoms with Crippen molar-refractivity contribution in [1.29, 1.82) is 0 Å². The van der Waals surface area contributed by atoms with Gasteiger partial charge in [-0.1, -0.05) is 44.5 Å². The number of hydrogen-bond acceptors (Lipinski definition) is 3. The van der Waals surface area contributed by atoms with Crippen molar-refractivity contribution in [2.45, 2.75) is 46.0 Å². The molecular weight excluding hydrogens is 274 g/mol. The minimum atomic E-state index is -0.0812. The minimum absolute atomic E-state index is 0.0555. The lowest BCUT2D eigenvalue weighted by molar-refractivity contribution is 0.0919. The monoisotopic (exact) mass is 301 g/mol. The summed E-state index contributed by atoms with van der Waals surface area (Å²) < 4.78 is 0.